The summed E-state index contributed by atoms with van der Waals surface area (Å²) in [5.74, 6) is -0.903. The van der Waals surface area contributed by atoms with Gasteiger partial charge < -0.3 is 15.0 Å². The number of carboxylic acids is 1. The Balaban J connectivity index is 2.30. The molecule has 0 aliphatic heterocycles. The van der Waals surface area contributed by atoms with E-state index in [0.717, 1.165) is 0 Å². The molecule has 6 heteroatoms. The van der Waals surface area contributed by atoms with Gasteiger partial charge in [0, 0.05) is 26.2 Å². The third-order valence-electron chi connectivity index (χ3n) is 2.40. The van der Waals surface area contributed by atoms with Crippen molar-refractivity contribution in [3.05, 3.63) is 18.2 Å². The maximum atomic E-state index is 11.6. The molecule has 2 N–H and O–H groups in total. The van der Waals surface area contributed by atoms with Crippen LogP contribution in [0.15, 0.2) is 12.5 Å². The van der Waals surface area contributed by atoms with Crippen LogP contribution in [0, 0.1) is 5.92 Å². The van der Waals surface area contributed by atoms with E-state index < -0.39 is 5.97 Å². The second-order valence-electron chi connectivity index (χ2n) is 4.17. The second-order valence-corrected chi connectivity index (χ2v) is 4.17. The van der Waals surface area contributed by atoms with E-state index in [1.807, 2.05) is 6.92 Å². The lowest BCUT2D eigenvalue weighted by atomic mass is 10.1. The smallest absolute Gasteiger partial charge is 0.303 e. The number of imidazole rings is 1. The average Bonchev–Trinajstić information content (AvgIpc) is 2.70. The van der Waals surface area contributed by atoms with E-state index in [1.54, 1.807) is 24.1 Å². The Morgan fingerprint density at radius 2 is 2.29 bits per heavy atom. The molecule has 17 heavy (non-hydrogen) atoms. The Morgan fingerprint density at radius 3 is 2.82 bits per heavy atom. The zero-order chi connectivity index (χ0) is 12.8. The topological polar surface area (TPSA) is 84.2 Å². The largest absolute Gasteiger partial charge is 0.481 e. The third kappa shape index (κ3) is 4.67. The van der Waals surface area contributed by atoms with E-state index in [-0.39, 0.29) is 18.2 Å². The minimum Gasteiger partial charge on any atom is -0.481 e. The summed E-state index contributed by atoms with van der Waals surface area (Å²) in [6.45, 7) is 2.37. The van der Waals surface area contributed by atoms with Gasteiger partial charge in [0.25, 0.3) is 5.91 Å². The number of aryl methyl sites for hydroxylation is 1. The van der Waals surface area contributed by atoms with Gasteiger partial charge >= 0.3 is 5.97 Å². The van der Waals surface area contributed by atoms with Crippen molar-refractivity contribution in [3.63, 3.8) is 0 Å². The van der Waals surface area contributed by atoms with Gasteiger partial charge in [0.05, 0.1) is 6.33 Å². The van der Waals surface area contributed by atoms with Gasteiger partial charge in [0.15, 0.2) is 0 Å². The molecular formula is C11H17N3O3. The summed E-state index contributed by atoms with van der Waals surface area (Å²) in [5.41, 5.74) is 0.373. The number of aliphatic carboxylic acids is 1. The van der Waals surface area contributed by atoms with Crippen LogP contribution in [0.3, 0.4) is 0 Å². The Hall–Kier alpha value is -1.85. The molecule has 1 unspecified atom stereocenters. The fourth-order valence-electron chi connectivity index (χ4n) is 1.36. The van der Waals surface area contributed by atoms with Crippen molar-refractivity contribution in [3.8, 4) is 0 Å². The van der Waals surface area contributed by atoms with E-state index in [2.05, 4.69) is 10.3 Å². The SMILES string of the molecule is CC(CCC(=O)O)CNC(=O)c1cn(C)cn1. The van der Waals surface area contributed by atoms with Crippen LogP contribution in [-0.4, -0.2) is 33.1 Å². The first-order valence-electron chi connectivity index (χ1n) is 5.47. The summed E-state index contributed by atoms with van der Waals surface area (Å²) in [6.07, 6.45) is 3.87. The molecule has 0 saturated carbocycles. The van der Waals surface area contributed by atoms with Crippen LogP contribution in [0.25, 0.3) is 0 Å². The molecule has 1 amide bonds. The molecule has 1 aromatic heterocycles. The van der Waals surface area contributed by atoms with Gasteiger partial charge in [0.2, 0.25) is 0 Å². The summed E-state index contributed by atoms with van der Waals surface area (Å²) >= 11 is 0. The van der Waals surface area contributed by atoms with E-state index in [0.29, 0.717) is 18.7 Å². The van der Waals surface area contributed by atoms with Crippen LogP contribution in [-0.2, 0) is 11.8 Å². The van der Waals surface area contributed by atoms with E-state index >= 15 is 0 Å². The molecule has 0 aromatic carbocycles. The molecule has 1 atom stereocenters. The predicted molar refractivity (Wildman–Crippen MR) is 61.6 cm³/mol. The van der Waals surface area contributed by atoms with Crippen molar-refractivity contribution < 1.29 is 14.7 Å². The standard InChI is InChI=1S/C11H17N3O3/c1-8(3-4-10(15)16)5-12-11(17)9-6-14(2)7-13-9/h6-8H,3-5H2,1-2H3,(H,12,17)(H,15,16). The number of aromatic nitrogens is 2. The Morgan fingerprint density at radius 1 is 1.59 bits per heavy atom. The Labute approximate surface area is 99.7 Å². The zero-order valence-corrected chi connectivity index (χ0v) is 10.0. The van der Waals surface area contributed by atoms with Crippen LogP contribution < -0.4 is 5.32 Å². The molecule has 0 radical (unpaired) electrons. The van der Waals surface area contributed by atoms with Crippen molar-refractivity contribution in [1.29, 1.82) is 0 Å². The molecule has 0 spiro atoms. The summed E-state index contributed by atoms with van der Waals surface area (Å²) < 4.78 is 1.70. The van der Waals surface area contributed by atoms with E-state index in [1.165, 1.54) is 0 Å². The van der Waals surface area contributed by atoms with Gasteiger partial charge in [-0.3, -0.25) is 9.59 Å². The maximum absolute atomic E-state index is 11.6. The highest BCUT2D eigenvalue weighted by molar-refractivity contribution is 5.91. The molecule has 0 aliphatic carbocycles. The maximum Gasteiger partial charge on any atom is 0.303 e. The summed E-state index contributed by atoms with van der Waals surface area (Å²) in [5, 5.41) is 11.2. The molecule has 0 aliphatic rings. The first kappa shape index (κ1) is 13.2. The monoisotopic (exact) mass is 239 g/mol. The molecule has 1 aromatic rings. The second kappa shape index (κ2) is 6.03. The molecule has 6 nitrogen and oxygen atoms in total. The number of hydrogen-bond donors (Lipinski definition) is 2. The first-order valence-corrected chi connectivity index (χ1v) is 5.47. The van der Waals surface area contributed by atoms with Gasteiger partial charge in [-0.05, 0) is 12.3 Å². The highest BCUT2D eigenvalue weighted by Gasteiger charge is 2.10. The molecule has 0 fully saturated rings. The van der Waals surface area contributed by atoms with Crippen LogP contribution in [0.5, 0.6) is 0 Å². The van der Waals surface area contributed by atoms with Gasteiger partial charge in [-0.1, -0.05) is 6.92 Å². The van der Waals surface area contributed by atoms with Crippen molar-refractivity contribution >= 4 is 11.9 Å². The molecule has 0 bridgehead atoms. The fourth-order valence-corrected chi connectivity index (χ4v) is 1.36. The lowest BCUT2D eigenvalue weighted by molar-refractivity contribution is -0.137. The third-order valence-corrected chi connectivity index (χ3v) is 2.40. The van der Waals surface area contributed by atoms with Gasteiger partial charge in [-0.25, -0.2) is 4.98 Å². The minimum atomic E-state index is -0.812. The fraction of sp³-hybridized carbons (Fsp3) is 0.545. The summed E-state index contributed by atoms with van der Waals surface area (Å²) in [4.78, 5) is 25.9. The first-order chi connectivity index (χ1) is 7.99. The highest BCUT2D eigenvalue weighted by atomic mass is 16.4. The number of nitrogens with zero attached hydrogens (tertiary/aromatic N) is 2. The number of carbonyl (C=O) groups excluding carboxylic acids is 1. The molecular weight excluding hydrogens is 222 g/mol. The molecule has 1 rings (SSSR count). The number of carboxylic acid groups (broad SMARTS) is 1. The normalized spacial score (nSPS) is 12.1. The van der Waals surface area contributed by atoms with Gasteiger partial charge in [0.1, 0.15) is 5.69 Å². The number of hydrogen-bond acceptors (Lipinski definition) is 3. The van der Waals surface area contributed by atoms with Crippen molar-refractivity contribution in [1.82, 2.24) is 14.9 Å². The van der Waals surface area contributed by atoms with Crippen LogP contribution in [0.1, 0.15) is 30.3 Å². The quantitative estimate of drug-likeness (QED) is 0.763. The van der Waals surface area contributed by atoms with Gasteiger partial charge in [-0.15, -0.1) is 0 Å². The lowest BCUT2D eigenvalue weighted by Crippen LogP contribution is -2.28. The van der Waals surface area contributed by atoms with Crippen LogP contribution in [0.4, 0.5) is 0 Å². The summed E-state index contributed by atoms with van der Waals surface area (Å²) in [6, 6.07) is 0. The lowest BCUT2D eigenvalue weighted by Gasteiger charge is -2.10. The van der Waals surface area contributed by atoms with E-state index in [4.69, 9.17) is 5.11 Å². The number of nitrogens with one attached hydrogen (secondary N) is 1. The zero-order valence-electron chi connectivity index (χ0n) is 10.0. The molecule has 94 valence electrons. The van der Waals surface area contributed by atoms with Crippen LogP contribution in [0.2, 0.25) is 0 Å². The predicted octanol–water partition coefficient (Wildman–Crippen LogP) is 0.651. The highest BCUT2D eigenvalue weighted by Crippen LogP contribution is 2.04. The van der Waals surface area contributed by atoms with Crippen molar-refractivity contribution in [2.45, 2.75) is 19.8 Å². The Kier molecular flexibility index (Phi) is 4.68. The number of carbonyl (C=O) groups is 2. The summed E-state index contributed by atoms with van der Waals surface area (Å²) in [7, 11) is 1.79. The van der Waals surface area contributed by atoms with Crippen molar-refractivity contribution in [2.24, 2.45) is 13.0 Å². The average molecular weight is 239 g/mol. The Bertz CT molecular complexity index is 400. The van der Waals surface area contributed by atoms with Gasteiger partial charge in [-0.2, -0.15) is 0 Å². The van der Waals surface area contributed by atoms with Crippen molar-refractivity contribution in [2.75, 3.05) is 6.54 Å². The minimum absolute atomic E-state index is 0.126. The molecule has 0 saturated heterocycles. The number of rotatable bonds is 6. The number of amides is 1. The van der Waals surface area contributed by atoms with E-state index in [9.17, 15) is 9.59 Å². The van der Waals surface area contributed by atoms with Crippen LogP contribution >= 0.6 is 0 Å². The molecule has 1 heterocycles.